The summed E-state index contributed by atoms with van der Waals surface area (Å²) >= 11 is 0. The van der Waals surface area contributed by atoms with E-state index < -0.39 is 23.9 Å². The van der Waals surface area contributed by atoms with Crippen molar-refractivity contribution >= 4 is 29.3 Å². The lowest BCUT2D eigenvalue weighted by Crippen LogP contribution is -2.30. The Kier molecular flexibility index (Phi) is 8.06. The number of esters is 1. The van der Waals surface area contributed by atoms with Gasteiger partial charge in [0.15, 0.2) is 5.65 Å². The Bertz CT molecular complexity index is 1490. The summed E-state index contributed by atoms with van der Waals surface area (Å²) in [6.45, 7) is 5.81. The molecule has 0 aliphatic carbocycles. The molecule has 0 spiro atoms. The van der Waals surface area contributed by atoms with E-state index >= 15 is 0 Å². The quantitative estimate of drug-likeness (QED) is 0.266. The lowest BCUT2D eigenvalue weighted by molar-refractivity contribution is -0.141. The van der Waals surface area contributed by atoms with E-state index in [0.29, 0.717) is 22.7 Å². The fraction of sp³-hybridized carbons (Fsp3) is 0.241. The zero-order chi connectivity index (χ0) is 27.2. The molecule has 38 heavy (non-hydrogen) atoms. The summed E-state index contributed by atoms with van der Waals surface area (Å²) in [5.74, 6) is -1.36. The molecule has 4 rings (SSSR count). The summed E-state index contributed by atoms with van der Waals surface area (Å²) in [5, 5.41) is 15.5. The third-order valence-corrected chi connectivity index (χ3v) is 6.02. The molecule has 0 radical (unpaired) electrons. The fourth-order valence-corrected chi connectivity index (χ4v) is 4.33. The van der Waals surface area contributed by atoms with Crippen LogP contribution in [0.25, 0.3) is 16.9 Å². The number of fused-ring (bicyclic) bond motifs is 1. The number of hydrogen-bond acceptors (Lipinski definition) is 6. The molecule has 9 nitrogen and oxygen atoms in total. The first kappa shape index (κ1) is 26.4. The molecule has 2 aromatic carbocycles. The second-order valence-corrected chi connectivity index (χ2v) is 8.99. The van der Waals surface area contributed by atoms with Gasteiger partial charge in [0, 0.05) is 11.8 Å². The van der Waals surface area contributed by atoms with Gasteiger partial charge in [0.1, 0.15) is 18.1 Å². The van der Waals surface area contributed by atoms with Crippen molar-refractivity contribution in [3.63, 3.8) is 0 Å². The monoisotopic (exact) mass is 514 g/mol. The number of carbonyl (C=O) groups is 3. The van der Waals surface area contributed by atoms with Gasteiger partial charge >= 0.3 is 11.9 Å². The molecule has 0 aliphatic rings. The number of carbonyl (C=O) groups excluding carboxylic acids is 2. The first-order valence-electron chi connectivity index (χ1n) is 12.3. The Labute approximate surface area is 220 Å². The summed E-state index contributed by atoms with van der Waals surface area (Å²) in [6.07, 6.45) is 1.48. The van der Waals surface area contributed by atoms with Crippen LogP contribution in [0.2, 0.25) is 0 Å². The zero-order valence-corrected chi connectivity index (χ0v) is 21.5. The molecule has 3 N–H and O–H groups in total. The summed E-state index contributed by atoms with van der Waals surface area (Å²) in [5.41, 5.74) is 4.72. The van der Waals surface area contributed by atoms with Crippen LogP contribution in [0.5, 0.6) is 0 Å². The van der Waals surface area contributed by atoms with Crippen LogP contribution >= 0.6 is 0 Å². The number of carboxylic acids is 1. The van der Waals surface area contributed by atoms with Gasteiger partial charge in [-0.05, 0) is 44.5 Å². The highest BCUT2D eigenvalue weighted by atomic mass is 16.5. The molecule has 2 aromatic heterocycles. The van der Waals surface area contributed by atoms with E-state index in [4.69, 9.17) is 9.72 Å². The Morgan fingerprint density at radius 1 is 1.03 bits per heavy atom. The van der Waals surface area contributed by atoms with Crippen LogP contribution in [-0.2, 0) is 14.3 Å². The molecule has 2 heterocycles. The van der Waals surface area contributed by atoms with Gasteiger partial charge in [0.05, 0.1) is 24.6 Å². The van der Waals surface area contributed by atoms with Crippen molar-refractivity contribution in [1.29, 1.82) is 0 Å². The third kappa shape index (κ3) is 6.00. The van der Waals surface area contributed by atoms with Crippen LogP contribution < -0.4 is 10.6 Å². The lowest BCUT2D eigenvalue weighted by atomic mass is 10.0. The first-order valence-corrected chi connectivity index (χ1v) is 12.3. The van der Waals surface area contributed by atoms with Crippen molar-refractivity contribution in [3.05, 3.63) is 89.1 Å². The van der Waals surface area contributed by atoms with Crippen LogP contribution in [0.3, 0.4) is 0 Å². The van der Waals surface area contributed by atoms with Crippen molar-refractivity contribution < 1.29 is 24.2 Å². The van der Waals surface area contributed by atoms with Crippen LogP contribution in [0.4, 0.5) is 5.82 Å². The molecular formula is C29H30N4O5. The first-order chi connectivity index (χ1) is 18.3. The predicted octanol–water partition coefficient (Wildman–Crippen LogP) is 4.54. The third-order valence-electron chi connectivity index (χ3n) is 6.02. The second-order valence-electron chi connectivity index (χ2n) is 8.99. The highest BCUT2D eigenvalue weighted by Gasteiger charge is 2.23. The summed E-state index contributed by atoms with van der Waals surface area (Å²) in [7, 11) is 0. The van der Waals surface area contributed by atoms with Gasteiger partial charge < -0.3 is 20.5 Å². The minimum absolute atomic E-state index is 0.0785. The van der Waals surface area contributed by atoms with Crippen molar-refractivity contribution in [3.8, 4) is 11.3 Å². The number of imidazole rings is 1. The van der Waals surface area contributed by atoms with Gasteiger partial charge in [0.25, 0.3) is 5.91 Å². The van der Waals surface area contributed by atoms with E-state index in [-0.39, 0.29) is 25.1 Å². The number of aliphatic carboxylic acids is 1. The molecule has 0 saturated heterocycles. The van der Waals surface area contributed by atoms with Crippen molar-refractivity contribution in [2.45, 2.75) is 33.2 Å². The SMILES string of the molecule is CCOC(=O)CNc1c(-c2cccc(C)c2)nc2c(C(=O)NC(CC(=O)O)c3cccc(C)c3)cccn12. The number of nitrogens with zero attached hydrogens (tertiary/aromatic N) is 2. The molecule has 0 fully saturated rings. The number of hydrogen-bond donors (Lipinski definition) is 3. The van der Waals surface area contributed by atoms with Crippen LogP contribution in [-0.4, -0.2) is 45.5 Å². The minimum atomic E-state index is -1.02. The average molecular weight is 515 g/mol. The standard InChI is InChI=1S/C29H30N4O5/c1-4-38-25(36)17-30-28-26(21-11-6-9-19(3)15-21)32-27-22(12-7-13-33(27)28)29(37)31-23(16-24(34)35)20-10-5-8-18(2)14-20/h5-15,23,30H,4,16-17H2,1-3H3,(H,31,37)(H,34,35). The maximum Gasteiger partial charge on any atom is 0.325 e. The van der Waals surface area contributed by atoms with Gasteiger partial charge in [-0.3, -0.25) is 18.8 Å². The number of rotatable bonds is 10. The molecule has 4 aromatic rings. The Hall–Kier alpha value is -4.66. The second kappa shape index (κ2) is 11.6. The number of pyridine rings is 1. The predicted molar refractivity (Wildman–Crippen MR) is 144 cm³/mol. The molecule has 0 aliphatic heterocycles. The number of anilines is 1. The van der Waals surface area contributed by atoms with Crippen molar-refractivity contribution in [2.75, 3.05) is 18.5 Å². The van der Waals surface area contributed by atoms with Gasteiger partial charge in [0.2, 0.25) is 0 Å². The van der Waals surface area contributed by atoms with Crippen LogP contribution in [0.15, 0.2) is 66.9 Å². The number of aryl methyl sites for hydroxylation is 2. The molecule has 0 saturated carbocycles. The molecule has 196 valence electrons. The minimum Gasteiger partial charge on any atom is -0.481 e. The van der Waals surface area contributed by atoms with E-state index in [0.717, 1.165) is 16.7 Å². The summed E-state index contributed by atoms with van der Waals surface area (Å²) < 4.78 is 6.77. The topological polar surface area (TPSA) is 122 Å². The van der Waals surface area contributed by atoms with Gasteiger partial charge in [-0.1, -0.05) is 53.6 Å². The molecule has 1 amide bonds. The average Bonchev–Trinajstić information content (AvgIpc) is 3.25. The Balaban J connectivity index is 1.76. The number of amides is 1. The molecule has 9 heteroatoms. The van der Waals surface area contributed by atoms with Crippen LogP contribution in [0, 0.1) is 13.8 Å². The van der Waals surface area contributed by atoms with E-state index in [1.807, 2.05) is 56.3 Å². The Morgan fingerprint density at radius 2 is 1.76 bits per heavy atom. The van der Waals surface area contributed by atoms with Gasteiger partial charge in [-0.15, -0.1) is 0 Å². The summed E-state index contributed by atoms with van der Waals surface area (Å²) in [4.78, 5) is 42.0. The van der Waals surface area contributed by atoms with Crippen LogP contribution in [0.1, 0.15) is 46.4 Å². The fourth-order valence-electron chi connectivity index (χ4n) is 4.33. The number of benzene rings is 2. The van der Waals surface area contributed by atoms with Gasteiger partial charge in [-0.25, -0.2) is 4.98 Å². The van der Waals surface area contributed by atoms with Crippen molar-refractivity contribution in [1.82, 2.24) is 14.7 Å². The highest BCUT2D eigenvalue weighted by molar-refractivity contribution is 6.01. The Morgan fingerprint density at radius 3 is 2.45 bits per heavy atom. The number of ether oxygens (including phenoxy) is 1. The number of carboxylic acid groups (broad SMARTS) is 1. The van der Waals surface area contributed by atoms with E-state index in [2.05, 4.69) is 10.6 Å². The molecule has 1 atom stereocenters. The highest BCUT2D eigenvalue weighted by Crippen LogP contribution is 2.31. The maximum absolute atomic E-state index is 13.5. The van der Waals surface area contributed by atoms with Gasteiger partial charge in [-0.2, -0.15) is 0 Å². The molecule has 1 unspecified atom stereocenters. The van der Waals surface area contributed by atoms with E-state index in [1.54, 1.807) is 35.7 Å². The molecule has 0 bridgehead atoms. The van der Waals surface area contributed by atoms with Crippen molar-refractivity contribution in [2.24, 2.45) is 0 Å². The lowest BCUT2D eigenvalue weighted by Gasteiger charge is -2.18. The summed E-state index contributed by atoms with van der Waals surface area (Å²) in [6, 6.07) is 17.8. The van der Waals surface area contributed by atoms with E-state index in [9.17, 15) is 19.5 Å². The van der Waals surface area contributed by atoms with E-state index in [1.165, 1.54) is 0 Å². The normalized spacial score (nSPS) is 11.7. The largest absolute Gasteiger partial charge is 0.481 e. The smallest absolute Gasteiger partial charge is 0.325 e. The molecular weight excluding hydrogens is 484 g/mol. The number of nitrogens with one attached hydrogen (secondary N) is 2. The maximum atomic E-state index is 13.5. The zero-order valence-electron chi connectivity index (χ0n) is 21.5. The number of aromatic nitrogens is 2.